The summed E-state index contributed by atoms with van der Waals surface area (Å²) in [5, 5.41) is 4.00. The molecule has 7 nitrogen and oxygen atoms in total. The molecule has 0 amide bonds. The molecule has 0 fully saturated rings. The Kier molecular flexibility index (Phi) is 8.12. The van der Waals surface area contributed by atoms with Gasteiger partial charge in [0.1, 0.15) is 23.6 Å². The third-order valence-corrected chi connectivity index (χ3v) is 4.58. The van der Waals surface area contributed by atoms with Crippen LogP contribution in [0.4, 0.5) is 5.82 Å². The Hall–Kier alpha value is -2.38. The number of esters is 2. The van der Waals surface area contributed by atoms with Crippen molar-refractivity contribution in [3.05, 3.63) is 50.9 Å². The molecule has 1 heterocycles. The first-order valence-corrected chi connectivity index (χ1v) is 10.9. The standard InChI is InChI=1S/C23H29Cl2N3O4/c1-13-16(10-14-8-9-15(24)11-17(14)25)19(26-12-18(29)31-22(2,3)4)28-20(27-13)21(30)32-23(5,6)7/h8-9,11H,10,12H2,1-7H3,(H,26,27,28). The summed E-state index contributed by atoms with van der Waals surface area (Å²) in [5.74, 6) is -0.884. The molecule has 1 aromatic carbocycles. The second-order valence-electron chi connectivity index (χ2n) is 9.31. The molecule has 0 radical (unpaired) electrons. The van der Waals surface area contributed by atoms with Crippen LogP contribution in [-0.2, 0) is 20.7 Å². The second-order valence-corrected chi connectivity index (χ2v) is 10.2. The summed E-state index contributed by atoms with van der Waals surface area (Å²) in [5.41, 5.74) is 0.715. The van der Waals surface area contributed by atoms with Gasteiger partial charge in [0.2, 0.25) is 5.82 Å². The van der Waals surface area contributed by atoms with E-state index in [1.165, 1.54) is 0 Å². The lowest BCUT2D eigenvalue weighted by Gasteiger charge is -2.21. The van der Waals surface area contributed by atoms with Gasteiger partial charge in [0.15, 0.2) is 0 Å². The van der Waals surface area contributed by atoms with Crippen molar-refractivity contribution in [1.29, 1.82) is 0 Å². The molecule has 0 bridgehead atoms. The normalized spacial score (nSPS) is 11.8. The minimum Gasteiger partial charge on any atom is -0.459 e. The van der Waals surface area contributed by atoms with Gasteiger partial charge >= 0.3 is 11.9 Å². The third kappa shape index (κ3) is 7.95. The first-order chi connectivity index (χ1) is 14.6. The molecule has 1 N–H and O–H groups in total. The van der Waals surface area contributed by atoms with E-state index in [9.17, 15) is 9.59 Å². The van der Waals surface area contributed by atoms with Gasteiger partial charge < -0.3 is 14.8 Å². The molecule has 0 saturated carbocycles. The first kappa shape index (κ1) is 25.9. The Labute approximate surface area is 198 Å². The predicted octanol–water partition coefficient (Wildman–Crippen LogP) is 5.39. The highest BCUT2D eigenvalue weighted by Gasteiger charge is 2.24. The predicted molar refractivity (Wildman–Crippen MR) is 126 cm³/mol. The summed E-state index contributed by atoms with van der Waals surface area (Å²) >= 11 is 12.3. The van der Waals surface area contributed by atoms with Gasteiger partial charge in [-0.25, -0.2) is 14.8 Å². The van der Waals surface area contributed by atoms with E-state index in [-0.39, 0.29) is 12.4 Å². The van der Waals surface area contributed by atoms with Crippen molar-refractivity contribution in [2.24, 2.45) is 0 Å². The number of hydrogen-bond donors (Lipinski definition) is 1. The Morgan fingerprint density at radius 3 is 2.19 bits per heavy atom. The summed E-state index contributed by atoms with van der Waals surface area (Å²) in [6.07, 6.45) is 0.368. The van der Waals surface area contributed by atoms with Crippen LogP contribution in [0.2, 0.25) is 10.0 Å². The summed E-state index contributed by atoms with van der Waals surface area (Å²) in [4.78, 5) is 33.5. The van der Waals surface area contributed by atoms with Crippen molar-refractivity contribution in [3.8, 4) is 0 Å². The van der Waals surface area contributed by atoms with E-state index in [1.807, 2.05) is 6.07 Å². The summed E-state index contributed by atoms with van der Waals surface area (Å²) in [6, 6.07) is 5.20. The Bertz CT molecular complexity index is 1010. The van der Waals surface area contributed by atoms with Crippen molar-refractivity contribution < 1.29 is 19.1 Å². The van der Waals surface area contributed by atoms with Crippen LogP contribution >= 0.6 is 23.2 Å². The van der Waals surface area contributed by atoms with Crippen LogP contribution in [0.15, 0.2) is 18.2 Å². The molecule has 32 heavy (non-hydrogen) atoms. The van der Waals surface area contributed by atoms with Crippen LogP contribution in [0.3, 0.4) is 0 Å². The highest BCUT2D eigenvalue weighted by molar-refractivity contribution is 6.35. The minimum absolute atomic E-state index is 0.102. The highest BCUT2D eigenvalue weighted by Crippen LogP contribution is 2.27. The van der Waals surface area contributed by atoms with E-state index in [4.69, 9.17) is 32.7 Å². The average molecular weight is 482 g/mol. The minimum atomic E-state index is -0.700. The number of aryl methyl sites for hydroxylation is 1. The summed E-state index contributed by atoms with van der Waals surface area (Å²) in [7, 11) is 0. The van der Waals surface area contributed by atoms with Crippen LogP contribution in [-0.4, -0.2) is 39.7 Å². The molecule has 174 valence electrons. The van der Waals surface area contributed by atoms with Crippen LogP contribution in [0, 0.1) is 6.92 Å². The largest absolute Gasteiger partial charge is 0.459 e. The molecule has 0 aliphatic heterocycles. The smallest absolute Gasteiger partial charge is 0.376 e. The first-order valence-electron chi connectivity index (χ1n) is 10.1. The quantitative estimate of drug-likeness (QED) is 0.552. The number of nitrogens with one attached hydrogen (secondary N) is 1. The van der Waals surface area contributed by atoms with Crippen molar-refractivity contribution in [3.63, 3.8) is 0 Å². The molecule has 0 spiro atoms. The molecule has 1 aromatic heterocycles. The molecule has 0 unspecified atom stereocenters. The van der Waals surface area contributed by atoms with Crippen LogP contribution in [0.5, 0.6) is 0 Å². The number of nitrogens with zero attached hydrogens (tertiary/aromatic N) is 2. The number of rotatable bonds is 6. The lowest BCUT2D eigenvalue weighted by atomic mass is 10.0. The zero-order valence-electron chi connectivity index (χ0n) is 19.4. The van der Waals surface area contributed by atoms with E-state index in [2.05, 4.69) is 15.3 Å². The molecule has 2 aromatic rings. The SMILES string of the molecule is Cc1nc(C(=O)OC(C)(C)C)nc(NCC(=O)OC(C)(C)C)c1Cc1ccc(Cl)cc1Cl. The van der Waals surface area contributed by atoms with Crippen LogP contribution < -0.4 is 5.32 Å². The maximum Gasteiger partial charge on any atom is 0.376 e. The van der Waals surface area contributed by atoms with E-state index in [1.54, 1.807) is 60.6 Å². The number of carbonyl (C=O) groups is 2. The van der Waals surface area contributed by atoms with E-state index >= 15 is 0 Å². The second kappa shape index (κ2) is 10.0. The molecule has 0 aliphatic carbocycles. The Morgan fingerprint density at radius 1 is 1.00 bits per heavy atom. The highest BCUT2D eigenvalue weighted by atomic mass is 35.5. The fourth-order valence-corrected chi connectivity index (χ4v) is 3.23. The van der Waals surface area contributed by atoms with Crippen molar-refractivity contribution >= 4 is 41.0 Å². The number of benzene rings is 1. The fourth-order valence-electron chi connectivity index (χ4n) is 2.76. The Morgan fingerprint density at radius 2 is 1.62 bits per heavy atom. The van der Waals surface area contributed by atoms with Gasteiger partial charge in [0, 0.05) is 27.7 Å². The number of ether oxygens (including phenoxy) is 2. The average Bonchev–Trinajstić information content (AvgIpc) is 2.60. The summed E-state index contributed by atoms with van der Waals surface area (Å²) in [6.45, 7) is 12.3. The van der Waals surface area contributed by atoms with Crippen molar-refractivity contribution in [1.82, 2.24) is 9.97 Å². The molecule has 2 rings (SSSR count). The molecular formula is C23H29Cl2N3O4. The van der Waals surface area contributed by atoms with Crippen molar-refractivity contribution in [2.45, 2.75) is 66.1 Å². The third-order valence-electron chi connectivity index (χ3n) is 4.00. The van der Waals surface area contributed by atoms with Crippen molar-refractivity contribution in [2.75, 3.05) is 11.9 Å². The Balaban J connectivity index is 2.41. The van der Waals surface area contributed by atoms with Gasteiger partial charge in [0.25, 0.3) is 0 Å². The zero-order chi connectivity index (χ0) is 24.3. The van der Waals surface area contributed by atoms with E-state index in [0.29, 0.717) is 33.5 Å². The number of carbonyl (C=O) groups excluding carboxylic acids is 2. The number of aromatic nitrogens is 2. The molecule has 0 atom stereocenters. The van der Waals surface area contributed by atoms with E-state index < -0.39 is 23.1 Å². The number of anilines is 1. The van der Waals surface area contributed by atoms with Gasteiger partial charge in [-0.1, -0.05) is 29.3 Å². The maximum atomic E-state index is 12.5. The topological polar surface area (TPSA) is 90.4 Å². The number of hydrogen-bond acceptors (Lipinski definition) is 7. The van der Waals surface area contributed by atoms with Crippen LogP contribution in [0.1, 0.15) is 69.0 Å². The summed E-state index contributed by atoms with van der Waals surface area (Å²) < 4.78 is 10.7. The van der Waals surface area contributed by atoms with Gasteiger partial charge in [-0.15, -0.1) is 0 Å². The lowest BCUT2D eigenvalue weighted by molar-refractivity contribution is -0.152. The monoisotopic (exact) mass is 481 g/mol. The zero-order valence-corrected chi connectivity index (χ0v) is 20.9. The van der Waals surface area contributed by atoms with Gasteiger partial charge in [-0.2, -0.15) is 0 Å². The molecule has 0 saturated heterocycles. The molecule has 0 aliphatic rings. The van der Waals surface area contributed by atoms with E-state index in [0.717, 1.165) is 5.56 Å². The fraction of sp³-hybridized carbons (Fsp3) is 0.478. The van der Waals surface area contributed by atoms with Gasteiger partial charge in [0.05, 0.1) is 0 Å². The molecular weight excluding hydrogens is 453 g/mol. The van der Waals surface area contributed by atoms with Gasteiger partial charge in [-0.05, 0) is 66.2 Å². The van der Waals surface area contributed by atoms with Gasteiger partial charge in [-0.3, -0.25) is 4.79 Å². The molecule has 9 heteroatoms. The number of halogens is 2. The van der Waals surface area contributed by atoms with Crippen LogP contribution in [0.25, 0.3) is 0 Å². The lowest BCUT2D eigenvalue weighted by Crippen LogP contribution is -2.29. The maximum absolute atomic E-state index is 12.5.